The zero-order valence-corrected chi connectivity index (χ0v) is 31.0. The summed E-state index contributed by atoms with van der Waals surface area (Å²) in [5.74, 6) is -0.0471. The van der Waals surface area contributed by atoms with Crippen molar-refractivity contribution in [3.63, 3.8) is 0 Å². The van der Waals surface area contributed by atoms with E-state index < -0.39 is 68.5 Å². The Morgan fingerprint density at radius 1 is 1.00 bits per heavy atom. The zero-order valence-electron chi connectivity index (χ0n) is 29.4. The number of sulfonamides is 2. The third-order valence-electron chi connectivity index (χ3n) is 9.50. The quantitative estimate of drug-likeness (QED) is 0.194. The van der Waals surface area contributed by atoms with Crippen molar-refractivity contribution in [3.8, 4) is 11.5 Å². The summed E-state index contributed by atoms with van der Waals surface area (Å²) >= 11 is 0. The van der Waals surface area contributed by atoms with Gasteiger partial charge in [0.15, 0.2) is 17.8 Å². The van der Waals surface area contributed by atoms with Gasteiger partial charge in [0.2, 0.25) is 26.8 Å². The molecular weight excluding hydrogens is 734 g/mol. The third kappa shape index (κ3) is 9.64. The van der Waals surface area contributed by atoms with E-state index >= 15 is 0 Å². The minimum Gasteiger partial charge on any atom is -0.454 e. The summed E-state index contributed by atoms with van der Waals surface area (Å²) in [7, 11) is -8.30. The van der Waals surface area contributed by atoms with Gasteiger partial charge in [-0.15, -0.1) is 0 Å². The Morgan fingerprint density at radius 3 is 2.47 bits per heavy atom. The summed E-state index contributed by atoms with van der Waals surface area (Å²) in [5.41, 5.74) is -0.0674. The molecule has 3 heterocycles. The molecule has 0 radical (unpaired) electrons. The van der Waals surface area contributed by atoms with E-state index in [1.165, 1.54) is 18.2 Å². The maximum atomic E-state index is 14.4. The highest BCUT2D eigenvalue weighted by Crippen LogP contribution is 2.36. The van der Waals surface area contributed by atoms with Crippen LogP contribution in [0.4, 0.5) is 9.18 Å². The van der Waals surface area contributed by atoms with Gasteiger partial charge in [0, 0.05) is 25.7 Å². The van der Waals surface area contributed by atoms with Gasteiger partial charge in [-0.1, -0.05) is 44.2 Å². The van der Waals surface area contributed by atoms with E-state index in [4.69, 9.17) is 23.7 Å². The van der Waals surface area contributed by atoms with Crippen LogP contribution in [0, 0.1) is 17.2 Å². The Hall–Kier alpha value is -3.84. The van der Waals surface area contributed by atoms with Crippen LogP contribution in [0.3, 0.4) is 0 Å². The molecule has 288 valence electrons. The molecular formula is C36H44FN3O11S2. The van der Waals surface area contributed by atoms with Gasteiger partial charge in [-0.05, 0) is 66.6 Å². The molecule has 6 rings (SSSR count). The van der Waals surface area contributed by atoms with Crippen LogP contribution >= 0.6 is 0 Å². The number of benzene rings is 3. The molecule has 0 aliphatic carbocycles. The number of carbonyl (C=O) groups is 1. The minimum absolute atomic E-state index is 0.0605. The number of carbonyl (C=O) groups excluding carboxylic acids is 1. The molecule has 0 saturated carbocycles. The van der Waals surface area contributed by atoms with Crippen molar-refractivity contribution in [1.29, 1.82) is 0 Å². The first-order valence-corrected chi connectivity index (χ1v) is 20.2. The summed E-state index contributed by atoms with van der Waals surface area (Å²) < 4.78 is 99.1. The molecule has 0 spiro atoms. The number of nitrogens with one attached hydrogen (secondary N) is 2. The zero-order chi connectivity index (χ0) is 37.8. The molecule has 14 nitrogen and oxygen atoms in total. The minimum atomic E-state index is -4.33. The number of nitrogens with zero attached hydrogens (tertiary/aromatic N) is 1. The highest BCUT2D eigenvalue weighted by atomic mass is 32.2. The van der Waals surface area contributed by atoms with Gasteiger partial charge in [-0.25, -0.2) is 30.7 Å². The van der Waals surface area contributed by atoms with Crippen molar-refractivity contribution in [2.24, 2.45) is 11.3 Å². The van der Waals surface area contributed by atoms with E-state index in [0.29, 0.717) is 18.8 Å². The molecule has 0 aromatic heterocycles. The molecule has 5 atom stereocenters. The van der Waals surface area contributed by atoms with Gasteiger partial charge in [0.1, 0.15) is 11.9 Å². The average Bonchev–Trinajstić information content (AvgIpc) is 3.87. The van der Waals surface area contributed by atoms with E-state index in [2.05, 4.69) is 10.0 Å². The predicted octanol–water partition coefficient (Wildman–Crippen LogP) is 3.40. The van der Waals surface area contributed by atoms with Crippen LogP contribution in [0.5, 0.6) is 11.5 Å². The summed E-state index contributed by atoms with van der Waals surface area (Å²) in [6.45, 7) is 3.50. The van der Waals surface area contributed by atoms with Gasteiger partial charge >= 0.3 is 6.09 Å². The van der Waals surface area contributed by atoms with Crippen molar-refractivity contribution in [2.45, 2.75) is 67.4 Å². The van der Waals surface area contributed by atoms with E-state index in [1.54, 1.807) is 13.8 Å². The number of ether oxygens (including phenoxy) is 5. The van der Waals surface area contributed by atoms with E-state index in [1.807, 2.05) is 30.3 Å². The molecule has 2 fully saturated rings. The second-order valence-electron chi connectivity index (χ2n) is 14.1. The number of rotatable bonds is 16. The molecule has 0 bridgehead atoms. The fraction of sp³-hybridized carbons (Fsp3) is 0.472. The Bertz CT molecular complexity index is 1950. The number of aliphatic hydroxyl groups excluding tert-OH is 1. The molecule has 3 aliphatic rings. The van der Waals surface area contributed by atoms with E-state index in [0.717, 1.165) is 34.1 Å². The summed E-state index contributed by atoms with van der Waals surface area (Å²) in [6, 6.07) is 16.8. The number of fused-ring (bicyclic) bond motifs is 2. The lowest BCUT2D eigenvalue weighted by Gasteiger charge is -2.35. The Kier molecular flexibility index (Phi) is 11.9. The standard InChI is InChI=1S/C36H44FN3O11S2/c1-36(2,15-16-38-52(43,44)26-10-8-25(37)9-11-26)22-40(53(45,46)27-12-13-31-32(19-27)50-23-49-31)20-30(41)29(18-24-6-4-3-5-7-24)39-35(42)51-33-21-48-34-28(33)14-17-47-34/h3-13,19,28-30,33-34,38,41H,14-18,20-23H2,1-2H3,(H,39,42)/t28-,29-,30+,33-,34+/m0/s1. The number of aliphatic hydroxyl groups is 1. The predicted molar refractivity (Wildman–Crippen MR) is 188 cm³/mol. The molecule has 3 aromatic rings. The second-order valence-corrected chi connectivity index (χ2v) is 17.8. The molecule has 2 saturated heterocycles. The Labute approximate surface area is 308 Å². The van der Waals surface area contributed by atoms with Crippen LogP contribution in [0.1, 0.15) is 32.3 Å². The normalized spacial score (nSPS) is 21.0. The van der Waals surface area contributed by atoms with E-state index in [9.17, 15) is 31.1 Å². The van der Waals surface area contributed by atoms with Crippen LogP contribution in [0.15, 0.2) is 82.6 Å². The number of amides is 1. The number of halogens is 1. The van der Waals surface area contributed by atoms with Crippen molar-refractivity contribution in [2.75, 3.05) is 39.6 Å². The van der Waals surface area contributed by atoms with Crippen LogP contribution < -0.4 is 19.5 Å². The summed E-state index contributed by atoms with van der Waals surface area (Å²) in [6.07, 6.45) is -2.18. The molecule has 53 heavy (non-hydrogen) atoms. The third-order valence-corrected chi connectivity index (χ3v) is 12.8. The Balaban J connectivity index is 1.21. The van der Waals surface area contributed by atoms with Crippen molar-refractivity contribution in [1.82, 2.24) is 14.3 Å². The number of alkyl carbamates (subject to hydrolysis) is 1. The van der Waals surface area contributed by atoms with Crippen LogP contribution in [0.2, 0.25) is 0 Å². The van der Waals surface area contributed by atoms with Gasteiger partial charge in [-0.2, -0.15) is 4.31 Å². The maximum absolute atomic E-state index is 14.4. The van der Waals surface area contributed by atoms with Crippen LogP contribution in [-0.2, 0) is 40.7 Å². The molecule has 3 N–H and O–H groups in total. The highest BCUT2D eigenvalue weighted by Gasteiger charge is 2.44. The lowest BCUT2D eigenvalue weighted by Crippen LogP contribution is -2.52. The number of hydrogen-bond donors (Lipinski definition) is 3. The number of hydrogen-bond acceptors (Lipinski definition) is 11. The first-order valence-electron chi connectivity index (χ1n) is 17.3. The lowest BCUT2D eigenvalue weighted by atomic mass is 9.89. The topological polar surface area (TPSA) is 179 Å². The molecule has 1 amide bonds. The smallest absolute Gasteiger partial charge is 0.407 e. The summed E-state index contributed by atoms with van der Waals surface area (Å²) in [5, 5.41) is 14.6. The molecule has 17 heteroatoms. The average molecular weight is 778 g/mol. The van der Waals surface area contributed by atoms with Crippen molar-refractivity contribution in [3.05, 3.63) is 84.2 Å². The molecule has 3 aliphatic heterocycles. The molecule has 3 aromatic carbocycles. The van der Waals surface area contributed by atoms with E-state index in [-0.39, 0.29) is 60.8 Å². The van der Waals surface area contributed by atoms with Gasteiger partial charge in [0.25, 0.3) is 0 Å². The van der Waals surface area contributed by atoms with Crippen molar-refractivity contribution >= 4 is 26.1 Å². The highest BCUT2D eigenvalue weighted by molar-refractivity contribution is 7.89. The van der Waals surface area contributed by atoms with Crippen LogP contribution in [-0.4, -0.2) is 96.5 Å². The maximum Gasteiger partial charge on any atom is 0.407 e. The first-order chi connectivity index (χ1) is 25.2. The summed E-state index contributed by atoms with van der Waals surface area (Å²) in [4.78, 5) is 13.1. The monoisotopic (exact) mass is 777 g/mol. The Morgan fingerprint density at radius 2 is 1.72 bits per heavy atom. The van der Waals surface area contributed by atoms with Crippen molar-refractivity contribution < 1.29 is 54.8 Å². The fourth-order valence-corrected chi connectivity index (χ4v) is 9.26. The molecule has 0 unspecified atom stereocenters. The lowest BCUT2D eigenvalue weighted by molar-refractivity contribution is -0.0907. The van der Waals surface area contributed by atoms with Gasteiger partial charge in [-0.3, -0.25) is 0 Å². The first kappa shape index (κ1) is 38.9. The fourth-order valence-electron chi connectivity index (χ4n) is 6.57. The second kappa shape index (κ2) is 16.3. The largest absolute Gasteiger partial charge is 0.454 e. The van der Waals surface area contributed by atoms with Gasteiger partial charge in [0.05, 0.1) is 41.1 Å². The van der Waals surface area contributed by atoms with Crippen LogP contribution in [0.25, 0.3) is 0 Å². The SMILES string of the molecule is CC(C)(CCNS(=O)(=O)c1ccc(F)cc1)CN(C[C@@H](O)[C@H](Cc1ccccc1)NC(=O)O[C@H]1CO[C@H]2OCC[C@H]21)S(=O)(=O)c1ccc2c(c1)OCO2. The van der Waals surface area contributed by atoms with Gasteiger partial charge < -0.3 is 34.1 Å².